The number of methoxy groups -OCH3 is 2. The Morgan fingerprint density at radius 3 is 2.07 bits per heavy atom. The van der Waals surface area contributed by atoms with E-state index >= 15 is 0 Å². The van der Waals surface area contributed by atoms with E-state index in [0.717, 1.165) is 44.2 Å². The van der Waals surface area contributed by atoms with E-state index < -0.39 is 29.5 Å². The number of alkyl halides is 3. The predicted molar refractivity (Wildman–Crippen MR) is 102 cm³/mol. The molecule has 0 radical (unpaired) electrons. The topological polar surface area (TPSA) is 55.8 Å². The maximum Gasteiger partial charge on any atom is 0.421 e. The molecule has 0 saturated heterocycles. The summed E-state index contributed by atoms with van der Waals surface area (Å²) >= 11 is 0. The van der Waals surface area contributed by atoms with Gasteiger partial charge in [0.2, 0.25) is 0 Å². The highest BCUT2D eigenvalue weighted by molar-refractivity contribution is 5.79. The zero-order chi connectivity index (χ0) is 21.2. The molecule has 0 aliphatic rings. The molecule has 160 valence electrons. The highest BCUT2D eigenvalue weighted by atomic mass is 19.4. The van der Waals surface area contributed by atoms with E-state index in [0.29, 0.717) is 6.42 Å². The van der Waals surface area contributed by atoms with Gasteiger partial charge in [-0.3, -0.25) is 4.79 Å². The Hall–Kier alpha value is -1.76. The third-order valence-corrected chi connectivity index (χ3v) is 4.84. The van der Waals surface area contributed by atoms with Gasteiger partial charge >= 0.3 is 6.18 Å². The van der Waals surface area contributed by atoms with Gasteiger partial charge in [0.15, 0.2) is 17.1 Å². The molecule has 0 heterocycles. The lowest BCUT2D eigenvalue weighted by molar-refractivity contribution is -0.267. The lowest BCUT2D eigenvalue weighted by atomic mass is 9.86. The molecule has 1 N–H and O–H groups in total. The summed E-state index contributed by atoms with van der Waals surface area (Å²) in [4.78, 5) is 12.2. The number of carbonyl (C=O) groups is 1. The maximum atomic E-state index is 13.7. The van der Waals surface area contributed by atoms with Crippen LogP contribution in [-0.2, 0) is 10.4 Å². The van der Waals surface area contributed by atoms with Crippen LogP contribution in [0.5, 0.6) is 11.5 Å². The lowest BCUT2D eigenvalue weighted by Gasteiger charge is -2.31. The summed E-state index contributed by atoms with van der Waals surface area (Å²) in [5.41, 5.74) is -3.70. The van der Waals surface area contributed by atoms with E-state index in [1.165, 1.54) is 26.7 Å². The number of unbranched alkanes of at least 4 members (excludes halogenated alkanes) is 6. The van der Waals surface area contributed by atoms with Gasteiger partial charge < -0.3 is 14.6 Å². The van der Waals surface area contributed by atoms with E-state index in [4.69, 9.17) is 9.47 Å². The monoisotopic (exact) mass is 404 g/mol. The third-order valence-electron chi connectivity index (χ3n) is 4.84. The Kier molecular flexibility index (Phi) is 9.79. The van der Waals surface area contributed by atoms with Gasteiger partial charge in [-0.2, -0.15) is 13.2 Å². The molecule has 1 atom stereocenters. The van der Waals surface area contributed by atoms with Crippen LogP contribution in [0.15, 0.2) is 18.2 Å². The Morgan fingerprint density at radius 2 is 1.54 bits per heavy atom. The molecule has 1 aromatic carbocycles. The van der Waals surface area contributed by atoms with Gasteiger partial charge in [-0.05, 0) is 24.1 Å². The quantitative estimate of drug-likeness (QED) is 0.438. The predicted octanol–water partition coefficient (Wildman–Crippen LogP) is 5.55. The molecule has 0 saturated carbocycles. The molecule has 0 aliphatic carbocycles. The maximum absolute atomic E-state index is 13.7. The number of Topliss-reactive ketones (excluding diaryl/α,β-unsaturated/α-hetero) is 1. The van der Waals surface area contributed by atoms with Gasteiger partial charge in [0, 0.05) is 12.8 Å². The molecule has 1 rings (SSSR count). The summed E-state index contributed by atoms with van der Waals surface area (Å²) in [5.74, 6) is -0.310. The van der Waals surface area contributed by atoms with Crippen LogP contribution in [-0.4, -0.2) is 31.3 Å². The van der Waals surface area contributed by atoms with E-state index in [2.05, 4.69) is 6.92 Å². The number of rotatable bonds is 13. The highest BCUT2D eigenvalue weighted by Gasteiger charge is 2.56. The van der Waals surface area contributed by atoms with Crippen LogP contribution >= 0.6 is 0 Å². The van der Waals surface area contributed by atoms with E-state index in [-0.39, 0.29) is 17.9 Å². The van der Waals surface area contributed by atoms with Crippen LogP contribution < -0.4 is 9.47 Å². The zero-order valence-corrected chi connectivity index (χ0v) is 16.9. The molecular formula is C21H31F3O4. The van der Waals surface area contributed by atoms with Gasteiger partial charge in [0.1, 0.15) is 5.78 Å². The lowest BCUT2D eigenvalue weighted by Crippen LogP contribution is -2.44. The fraction of sp³-hybridized carbons (Fsp3) is 0.667. The van der Waals surface area contributed by atoms with Crippen LogP contribution in [0.4, 0.5) is 13.2 Å². The van der Waals surface area contributed by atoms with Crippen LogP contribution in [0.1, 0.15) is 70.3 Å². The van der Waals surface area contributed by atoms with Crippen molar-refractivity contribution in [3.63, 3.8) is 0 Å². The summed E-state index contributed by atoms with van der Waals surface area (Å²) in [6.45, 7) is 2.12. The van der Waals surface area contributed by atoms with E-state index in [9.17, 15) is 23.1 Å². The highest BCUT2D eigenvalue weighted by Crippen LogP contribution is 2.44. The normalized spacial score (nSPS) is 13.8. The van der Waals surface area contributed by atoms with Crippen LogP contribution in [0.25, 0.3) is 0 Å². The fourth-order valence-corrected chi connectivity index (χ4v) is 3.11. The molecule has 0 fully saturated rings. The van der Waals surface area contributed by atoms with Crippen molar-refractivity contribution >= 4 is 5.78 Å². The molecule has 4 nitrogen and oxygen atoms in total. The first kappa shape index (κ1) is 24.3. The number of hydrogen-bond acceptors (Lipinski definition) is 4. The minimum absolute atomic E-state index is 0.0272. The van der Waals surface area contributed by atoms with Gasteiger partial charge in [0.05, 0.1) is 14.2 Å². The number of ketones is 1. The molecule has 0 bridgehead atoms. The molecule has 28 heavy (non-hydrogen) atoms. The van der Waals surface area contributed by atoms with Crippen LogP contribution in [0.3, 0.4) is 0 Å². The first-order chi connectivity index (χ1) is 13.2. The largest absolute Gasteiger partial charge is 0.493 e. The smallest absolute Gasteiger partial charge is 0.421 e. The van der Waals surface area contributed by atoms with Crippen LogP contribution in [0.2, 0.25) is 0 Å². The average Bonchev–Trinajstić information content (AvgIpc) is 2.65. The van der Waals surface area contributed by atoms with Crippen molar-refractivity contribution in [3.05, 3.63) is 23.8 Å². The molecule has 1 unspecified atom stereocenters. The minimum Gasteiger partial charge on any atom is -0.493 e. The number of benzene rings is 1. The second-order valence-electron chi connectivity index (χ2n) is 7.01. The Bertz CT molecular complexity index is 616. The first-order valence-corrected chi connectivity index (χ1v) is 9.73. The zero-order valence-electron chi connectivity index (χ0n) is 16.9. The molecular weight excluding hydrogens is 373 g/mol. The van der Waals surface area contributed by atoms with Gasteiger partial charge in [-0.1, -0.05) is 51.5 Å². The van der Waals surface area contributed by atoms with Gasteiger partial charge in [0.25, 0.3) is 0 Å². The summed E-state index contributed by atoms with van der Waals surface area (Å²) < 4.78 is 51.0. The molecule has 0 aromatic heterocycles. The van der Waals surface area contributed by atoms with Crippen molar-refractivity contribution in [1.29, 1.82) is 0 Å². The standard InChI is InChI=1S/C21H31F3O4/c1-4-5-6-7-8-9-10-11-17(25)15-20(26,21(22,23)24)16-12-13-18(27-2)19(14-16)28-3/h12-14,26H,4-11,15H2,1-3H3. The summed E-state index contributed by atoms with van der Waals surface area (Å²) in [7, 11) is 2.65. The Balaban J connectivity index is 2.79. The van der Waals surface area contributed by atoms with Crippen LogP contribution in [0, 0.1) is 0 Å². The fourth-order valence-electron chi connectivity index (χ4n) is 3.11. The van der Waals surface area contributed by atoms with Crippen molar-refractivity contribution in [2.75, 3.05) is 14.2 Å². The van der Waals surface area contributed by atoms with E-state index in [1.54, 1.807) is 0 Å². The van der Waals surface area contributed by atoms with Gasteiger partial charge in [-0.25, -0.2) is 0 Å². The number of halogens is 3. The second-order valence-corrected chi connectivity index (χ2v) is 7.01. The summed E-state index contributed by atoms with van der Waals surface area (Å²) in [6.07, 6.45) is 0.836. The number of hydrogen-bond donors (Lipinski definition) is 1. The molecule has 7 heteroatoms. The average molecular weight is 404 g/mol. The van der Waals surface area contributed by atoms with Crippen molar-refractivity contribution in [2.24, 2.45) is 0 Å². The SMILES string of the molecule is CCCCCCCCCC(=O)CC(O)(c1ccc(OC)c(OC)c1)C(F)(F)F. The number of aliphatic hydroxyl groups is 1. The third kappa shape index (κ3) is 6.69. The summed E-state index contributed by atoms with van der Waals surface area (Å²) in [5, 5.41) is 10.4. The number of carbonyl (C=O) groups excluding carboxylic acids is 1. The van der Waals surface area contributed by atoms with Crippen molar-refractivity contribution in [3.8, 4) is 11.5 Å². The van der Waals surface area contributed by atoms with Crippen molar-refractivity contribution < 1.29 is 32.5 Å². The van der Waals surface area contributed by atoms with Crippen molar-refractivity contribution in [2.45, 2.75) is 76.5 Å². The van der Waals surface area contributed by atoms with Gasteiger partial charge in [-0.15, -0.1) is 0 Å². The molecule has 0 amide bonds. The van der Waals surface area contributed by atoms with Crippen molar-refractivity contribution in [1.82, 2.24) is 0 Å². The minimum atomic E-state index is -5.00. The first-order valence-electron chi connectivity index (χ1n) is 9.73. The Labute approximate surface area is 165 Å². The summed E-state index contributed by atoms with van der Waals surface area (Å²) in [6, 6.07) is 3.45. The number of ether oxygens (including phenoxy) is 2. The van der Waals surface area contributed by atoms with E-state index in [1.807, 2.05) is 0 Å². The molecule has 0 spiro atoms. The Morgan fingerprint density at radius 1 is 0.964 bits per heavy atom. The second kappa shape index (κ2) is 11.3. The molecule has 0 aliphatic heterocycles. The molecule has 1 aromatic rings.